The molecule has 1 aliphatic rings. The number of aliphatic hydroxyl groups is 1. The third-order valence-corrected chi connectivity index (χ3v) is 4.41. The number of hydrogen-bond acceptors (Lipinski definition) is 10. The molecule has 200 valence electrons. The second-order valence-electron chi connectivity index (χ2n) is 8.57. The average Bonchev–Trinajstić information content (AvgIpc) is 3.24. The number of hydrazine groups is 2. The first-order valence-corrected chi connectivity index (χ1v) is 12.3. The van der Waals surface area contributed by atoms with Gasteiger partial charge in [0.15, 0.2) is 0 Å². The van der Waals surface area contributed by atoms with E-state index in [9.17, 15) is 0 Å². The third-order valence-electron chi connectivity index (χ3n) is 4.41. The summed E-state index contributed by atoms with van der Waals surface area (Å²) in [6.07, 6.45) is 1.05. The number of hydrogen-bond donors (Lipinski definition) is 3. The maximum atomic E-state index is 8.61. The van der Waals surface area contributed by atoms with E-state index in [2.05, 4.69) is 36.7 Å². The van der Waals surface area contributed by atoms with Crippen LogP contribution in [0, 0.1) is 5.41 Å². The highest BCUT2D eigenvalue weighted by molar-refractivity contribution is 4.73. The first-order chi connectivity index (χ1) is 16.0. The van der Waals surface area contributed by atoms with Crippen LogP contribution in [0.3, 0.4) is 0 Å². The summed E-state index contributed by atoms with van der Waals surface area (Å²) < 4.78 is 32.8. The Bertz CT molecular complexity index is 401. The lowest BCUT2D eigenvalue weighted by Crippen LogP contribution is -2.39. The summed E-state index contributed by atoms with van der Waals surface area (Å²) in [4.78, 5) is 0. The van der Waals surface area contributed by atoms with E-state index in [1.807, 2.05) is 13.8 Å². The molecule has 0 aliphatic carbocycles. The summed E-state index contributed by atoms with van der Waals surface area (Å²) in [7, 11) is 0. The lowest BCUT2D eigenvalue weighted by molar-refractivity contribution is -0.00563. The van der Waals surface area contributed by atoms with Crippen molar-refractivity contribution in [2.75, 3.05) is 99.0 Å². The number of aliphatic hydroxyl groups excluding tert-OH is 1. The molecule has 10 heteroatoms. The summed E-state index contributed by atoms with van der Waals surface area (Å²) in [5.41, 5.74) is 6.63. The van der Waals surface area contributed by atoms with Crippen LogP contribution in [0.15, 0.2) is 0 Å². The minimum Gasteiger partial charge on any atom is -0.394 e. The van der Waals surface area contributed by atoms with Crippen molar-refractivity contribution >= 4 is 0 Å². The second-order valence-corrected chi connectivity index (χ2v) is 8.57. The van der Waals surface area contributed by atoms with Gasteiger partial charge in [0.25, 0.3) is 0 Å². The van der Waals surface area contributed by atoms with Crippen molar-refractivity contribution in [3.63, 3.8) is 0 Å². The number of nitrogens with one attached hydrogen (secondary N) is 2. The van der Waals surface area contributed by atoms with E-state index >= 15 is 0 Å². The molecule has 1 saturated heterocycles. The molecule has 33 heavy (non-hydrogen) atoms. The van der Waals surface area contributed by atoms with Gasteiger partial charge in [-0.1, -0.05) is 34.6 Å². The molecule has 1 aliphatic heterocycles. The van der Waals surface area contributed by atoms with Gasteiger partial charge >= 0.3 is 0 Å². The monoisotopic (exact) mass is 481 g/mol. The van der Waals surface area contributed by atoms with Crippen LogP contribution < -0.4 is 11.0 Å². The zero-order chi connectivity index (χ0) is 24.6. The second kappa shape index (κ2) is 23.3. The quantitative estimate of drug-likeness (QED) is 0.207. The summed E-state index contributed by atoms with van der Waals surface area (Å²) in [5, 5.41) is 10.7. The Hall–Kier alpha value is -0.400. The van der Waals surface area contributed by atoms with Crippen LogP contribution in [-0.2, 0) is 28.4 Å². The van der Waals surface area contributed by atoms with E-state index in [4.69, 9.17) is 33.5 Å². The molecule has 0 amide bonds. The van der Waals surface area contributed by atoms with Crippen LogP contribution in [0.25, 0.3) is 0 Å². The van der Waals surface area contributed by atoms with E-state index in [1.54, 1.807) is 0 Å². The Morgan fingerprint density at radius 3 is 1.76 bits per heavy atom. The summed E-state index contributed by atoms with van der Waals surface area (Å²) in [6, 6.07) is 0.231. The number of nitrogens with zero attached hydrogens (tertiary/aromatic N) is 1. The third kappa shape index (κ3) is 23.1. The highest BCUT2D eigenvalue weighted by atomic mass is 16.6. The van der Waals surface area contributed by atoms with E-state index in [1.165, 1.54) is 0 Å². The van der Waals surface area contributed by atoms with Crippen LogP contribution in [0.4, 0.5) is 0 Å². The predicted octanol–water partition coefficient (Wildman–Crippen LogP) is 1.23. The first-order valence-electron chi connectivity index (χ1n) is 12.3. The topological polar surface area (TPSA) is 103 Å². The molecule has 0 aromatic heterocycles. The van der Waals surface area contributed by atoms with E-state index in [0.717, 1.165) is 26.1 Å². The molecule has 10 nitrogen and oxygen atoms in total. The Kier molecular flexibility index (Phi) is 23.1. The molecule has 1 atom stereocenters. The van der Waals surface area contributed by atoms with Gasteiger partial charge in [0.1, 0.15) is 0 Å². The Morgan fingerprint density at radius 2 is 1.21 bits per heavy atom. The van der Waals surface area contributed by atoms with Crippen LogP contribution in [-0.4, -0.2) is 115 Å². The van der Waals surface area contributed by atoms with Gasteiger partial charge in [0, 0.05) is 19.7 Å². The van der Waals surface area contributed by atoms with Crippen molar-refractivity contribution in [1.82, 2.24) is 16.0 Å². The molecule has 1 fully saturated rings. The summed E-state index contributed by atoms with van der Waals surface area (Å²) in [5.74, 6) is 0. The maximum absolute atomic E-state index is 8.61. The van der Waals surface area contributed by atoms with Crippen LogP contribution in [0.5, 0.6) is 0 Å². The van der Waals surface area contributed by atoms with Crippen LogP contribution in [0.1, 0.15) is 41.0 Å². The van der Waals surface area contributed by atoms with Gasteiger partial charge in [0.2, 0.25) is 0 Å². The molecule has 0 saturated carbocycles. The molecule has 1 unspecified atom stereocenters. The van der Waals surface area contributed by atoms with Gasteiger partial charge in [-0.25, -0.2) is 10.4 Å². The fourth-order valence-corrected chi connectivity index (χ4v) is 2.61. The van der Waals surface area contributed by atoms with Gasteiger partial charge in [-0.05, 0) is 11.8 Å². The Morgan fingerprint density at radius 1 is 0.727 bits per heavy atom. The molecule has 0 radical (unpaired) electrons. The lowest BCUT2D eigenvalue weighted by atomic mass is 9.93. The van der Waals surface area contributed by atoms with E-state index in [0.29, 0.717) is 78.1 Å². The Balaban J connectivity index is 0.00000497. The molecule has 0 spiro atoms. The highest BCUT2D eigenvalue weighted by Crippen LogP contribution is 2.17. The smallest absolute Gasteiger partial charge is 0.0701 e. The summed E-state index contributed by atoms with van der Waals surface area (Å²) >= 11 is 0. The van der Waals surface area contributed by atoms with Gasteiger partial charge in [0.05, 0.1) is 85.3 Å². The number of rotatable bonds is 21. The fraction of sp³-hybridized carbons (Fsp3) is 1.00. The van der Waals surface area contributed by atoms with Gasteiger partial charge in [-0.2, -0.15) is 5.53 Å². The molecule has 1 heterocycles. The zero-order valence-electron chi connectivity index (χ0n) is 21.7. The van der Waals surface area contributed by atoms with Crippen molar-refractivity contribution in [2.24, 2.45) is 5.41 Å². The molecule has 1 rings (SSSR count). The van der Waals surface area contributed by atoms with Gasteiger partial charge in [-0.15, -0.1) is 0 Å². The standard InChI is InChI=1S/C21H45N3O7.C2H6/c1-21(2,3)4-7-26-10-13-29-14-15-30-16-17-31-19-20-18-24(23-22-20)5-8-27-11-12-28-9-6-25;1-2/h20,22-23,25H,4-19H2,1-3H3;1-2H3. The lowest BCUT2D eigenvalue weighted by Gasteiger charge is -2.17. The van der Waals surface area contributed by atoms with Crippen molar-refractivity contribution < 1.29 is 33.5 Å². The van der Waals surface area contributed by atoms with Crippen LogP contribution >= 0.6 is 0 Å². The van der Waals surface area contributed by atoms with E-state index < -0.39 is 0 Å². The zero-order valence-corrected chi connectivity index (χ0v) is 21.7. The molecule has 0 aromatic rings. The molecule has 3 N–H and O–H groups in total. The maximum Gasteiger partial charge on any atom is 0.0701 e. The fourth-order valence-electron chi connectivity index (χ4n) is 2.61. The molecular weight excluding hydrogens is 430 g/mol. The van der Waals surface area contributed by atoms with E-state index in [-0.39, 0.29) is 12.6 Å². The molecule has 0 bridgehead atoms. The molecule has 0 aromatic carbocycles. The van der Waals surface area contributed by atoms with Gasteiger partial charge < -0.3 is 33.5 Å². The number of ether oxygens (including phenoxy) is 6. The largest absolute Gasteiger partial charge is 0.394 e. The van der Waals surface area contributed by atoms with Crippen LogP contribution in [0.2, 0.25) is 0 Å². The average molecular weight is 482 g/mol. The highest BCUT2D eigenvalue weighted by Gasteiger charge is 2.21. The van der Waals surface area contributed by atoms with Gasteiger partial charge in [-0.3, -0.25) is 0 Å². The minimum absolute atomic E-state index is 0.0430. The predicted molar refractivity (Wildman–Crippen MR) is 129 cm³/mol. The van der Waals surface area contributed by atoms with Crippen molar-refractivity contribution in [3.8, 4) is 0 Å². The molecular formula is C23H51N3O7. The van der Waals surface area contributed by atoms with Crippen molar-refractivity contribution in [1.29, 1.82) is 0 Å². The van der Waals surface area contributed by atoms with Crippen molar-refractivity contribution in [2.45, 2.75) is 47.1 Å². The Labute approximate surface area is 201 Å². The minimum atomic E-state index is 0.0430. The first kappa shape index (κ1) is 32.6. The normalized spacial score (nSPS) is 16.7. The SMILES string of the molecule is CC.CC(C)(C)CCOCCOCCOCCOCC1CN(CCOCCOCCO)NN1. The summed E-state index contributed by atoms with van der Waals surface area (Å²) in [6.45, 7) is 19.2. The van der Waals surface area contributed by atoms with Crippen molar-refractivity contribution in [3.05, 3.63) is 0 Å².